The van der Waals surface area contributed by atoms with Crippen molar-refractivity contribution in [2.75, 3.05) is 19.6 Å². The molecule has 0 radical (unpaired) electrons. The number of amidine groups is 1. The molecule has 0 aromatic heterocycles. The molecule has 0 saturated carbocycles. The van der Waals surface area contributed by atoms with E-state index >= 15 is 0 Å². The van der Waals surface area contributed by atoms with Gasteiger partial charge in [0.05, 0.1) is 5.70 Å². The summed E-state index contributed by atoms with van der Waals surface area (Å²) < 4.78 is 0. The summed E-state index contributed by atoms with van der Waals surface area (Å²) in [5.41, 5.74) is 5.85. The minimum atomic E-state index is 0.912. The molecule has 4 heteroatoms. The summed E-state index contributed by atoms with van der Waals surface area (Å²) in [6, 6.07) is 19.2. The van der Waals surface area contributed by atoms with Crippen LogP contribution in [-0.4, -0.2) is 35.3 Å². The number of benzene rings is 2. The van der Waals surface area contributed by atoms with Crippen molar-refractivity contribution in [3.8, 4) is 0 Å². The van der Waals surface area contributed by atoms with Crippen molar-refractivity contribution in [3.05, 3.63) is 119 Å². The van der Waals surface area contributed by atoms with Crippen LogP contribution >= 0.6 is 11.8 Å². The van der Waals surface area contributed by atoms with Crippen molar-refractivity contribution in [1.29, 1.82) is 0 Å². The van der Waals surface area contributed by atoms with Gasteiger partial charge in [0.2, 0.25) is 0 Å². The molecule has 0 unspecified atom stereocenters. The number of fused-ring (bicyclic) bond motifs is 2. The van der Waals surface area contributed by atoms with Crippen LogP contribution in [0.25, 0.3) is 5.70 Å². The molecule has 5 rings (SSSR count). The minimum Gasteiger partial charge on any atom is -0.302 e. The molecule has 2 aromatic rings. The third-order valence-electron chi connectivity index (χ3n) is 6.35. The summed E-state index contributed by atoms with van der Waals surface area (Å²) in [6.07, 6.45) is 11.2. The first kappa shape index (κ1) is 21.7. The summed E-state index contributed by atoms with van der Waals surface area (Å²) in [5, 5.41) is 0. The molecule has 0 aliphatic carbocycles. The number of hydrogen-bond acceptors (Lipinski definition) is 4. The van der Waals surface area contributed by atoms with Crippen LogP contribution in [0.3, 0.4) is 0 Å². The Bertz CT molecular complexity index is 1190. The highest BCUT2D eigenvalue weighted by Gasteiger charge is 2.25. The van der Waals surface area contributed by atoms with Crippen molar-refractivity contribution in [3.63, 3.8) is 0 Å². The van der Waals surface area contributed by atoms with Gasteiger partial charge in [0, 0.05) is 47.6 Å². The topological polar surface area (TPSA) is 18.8 Å². The van der Waals surface area contributed by atoms with Gasteiger partial charge in [-0.15, -0.1) is 0 Å². The van der Waals surface area contributed by atoms with E-state index in [1.54, 1.807) is 0 Å². The lowest BCUT2D eigenvalue weighted by Gasteiger charge is -2.32. The van der Waals surface area contributed by atoms with Crippen LogP contribution in [0.4, 0.5) is 0 Å². The summed E-state index contributed by atoms with van der Waals surface area (Å²) in [5.74, 6) is 0.929. The highest BCUT2D eigenvalue weighted by molar-refractivity contribution is 8.03. The normalized spacial score (nSPS) is 18.9. The van der Waals surface area contributed by atoms with E-state index in [9.17, 15) is 0 Å². The fourth-order valence-corrected chi connectivity index (χ4v) is 5.45. The van der Waals surface area contributed by atoms with E-state index in [4.69, 9.17) is 4.99 Å². The SMILES string of the molecule is C=C1CCN(CCC2=C(c3ccccc3)N=C3C=CC=CN3C2=C)CCc2ccccc2S1. The Morgan fingerprint density at radius 1 is 0.909 bits per heavy atom. The number of allylic oxidation sites excluding steroid dienone is 3. The second-order valence-corrected chi connectivity index (χ2v) is 9.74. The van der Waals surface area contributed by atoms with E-state index in [0.717, 1.165) is 61.7 Å². The van der Waals surface area contributed by atoms with Gasteiger partial charge in [0.1, 0.15) is 5.84 Å². The maximum atomic E-state index is 5.05. The first-order chi connectivity index (χ1) is 16.2. The second kappa shape index (κ2) is 9.82. The van der Waals surface area contributed by atoms with Crippen LogP contribution in [0.1, 0.15) is 24.0 Å². The van der Waals surface area contributed by atoms with Crippen molar-refractivity contribution < 1.29 is 0 Å². The molecule has 166 valence electrons. The molecule has 0 N–H and O–H groups in total. The van der Waals surface area contributed by atoms with Gasteiger partial charge >= 0.3 is 0 Å². The van der Waals surface area contributed by atoms with Crippen LogP contribution < -0.4 is 0 Å². The molecule has 0 spiro atoms. The fourth-order valence-electron chi connectivity index (χ4n) is 4.50. The van der Waals surface area contributed by atoms with E-state index in [0.29, 0.717) is 0 Å². The Morgan fingerprint density at radius 2 is 1.70 bits per heavy atom. The molecule has 0 bridgehead atoms. The van der Waals surface area contributed by atoms with E-state index in [2.05, 4.69) is 83.8 Å². The van der Waals surface area contributed by atoms with Gasteiger partial charge in [-0.2, -0.15) is 0 Å². The van der Waals surface area contributed by atoms with Crippen LogP contribution in [-0.2, 0) is 6.42 Å². The number of hydrogen-bond donors (Lipinski definition) is 0. The van der Waals surface area contributed by atoms with Crippen molar-refractivity contribution in [1.82, 2.24) is 9.80 Å². The zero-order valence-electron chi connectivity index (χ0n) is 18.9. The van der Waals surface area contributed by atoms with Gasteiger partial charge in [-0.25, -0.2) is 4.99 Å². The predicted octanol–water partition coefficient (Wildman–Crippen LogP) is 6.65. The molecule has 3 aliphatic rings. The minimum absolute atomic E-state index is 0.912. The molecule has 3 aliphatic heterocycles. The molecule has 0 amide bonds. The fraction of sp³-hybridized carbons (Fsp3) is 0.207. The van der Waals surface area contributed by atoms with E-state index in [1.165, 1.54) is 20.9 Å². The molecule has 2 aromatic carbocycles. The lowest BCUT2D eigenvalue weighted by molar-refractivity contribution is 0.285. The van der Waals surface area contributed by atoms with Gasteiger partial charge in [0.25, 0.3) is 0 Å². The van der Waals surface area contributed by atoms with Gasteiger partial charge in [-0.1, -0.05) is 79.5 Å². The Balaban J connectivity index is 1.40. The van der Waals surface area contributed by atoms with Gasteiger partial charge < -0.3 is 9.80 Å². The zero-order valence-corrected chi connectivity index (χ0v) is 19.7. The standard InChI is InChI=1S/C29H29N3S/c1-22-15-19-31(20-16-24-10-6-7-13-27(24)33-22)21-17-26-23(2)32-18-9-8-14-28(32)30-29(26)25-11-4-3-5-12-25/h3-14,18H,1-2,15-17,19-21H2. The van der Waals surface area contributed by atoms with Crippen LogP contribution in [0.2, 0.25) is 0 Å². The van der Waals surface area contributed by atoms with Gasteiger partial charge in [-0.3, -0.25) is 0 Å². The molecular weight excluding hydrogens is 422 g/mol. The monoisotopic (exact) mass is 451 g/mol. The highest BCUT2D eigenvalue weighted by atomic mass is 32.2. The number of rotatable bonds is 4. The first-order valence-electron chi connectivity index (χ1n) is 11.6. The third kappa shape index (κ3) is 4.82. The summed E-state index contributed by atoms with van der Waals surface area (Å²) in [6.45, 7) is 11.9. The second-order valence-electron chi connectivity index (χ2n) is 8.52. The maximum Gasteiger partial charge on any atom is 0.137 e. The molecule has 33 heavy (non-hydrogen) atoms. The van der Waals surface area contributed by atoms with Crippen LogP contribution in [0, 0.1) is 0 Å². The molecule has 0 saturated heterocycles. The van der Waals surface area contributed by atoms with E-state index in [-0.39, 0.29) is 0 Å². The van der Waals surface area contributed by atoms with Gasteiger partial charge in [0.15, 0.2) is 0 Å². The predicted molar refractivity (Wildman–Crippen MR) is 141 cm³/mol. The summed E-state index contributed by atoms with van der Waals surface area (Å²) in [7, 11) is 0. The number of nitrogens with zero attached hydrogens (tertiary/aromatic N) is 3. The largest absolute Gasteiger partial charge is 0.302 e. The van der Waals surface area contributed by atoms with Crippen molar-refractivity contribution in [2.45, 2.75) is 24.2 Å². The Kier molecular flexibility index (Phi) is 6.47. The lowest BCUT2D eigenvalue weighted by atomic mass is 9.98. The summed E-state index contributed by atoms with van der Waals surface area (Å²) in [4.78, 5) is 12.3. The quantitative estimate of drug-likeness (QED) is 0.518. The first-order valence-corrected chi connectivity index (χ1v) is 12.4. The smallest absolute Gasteiger partial charge is 0.137 e. The molecule has 0 fully saturated rings. The molecular formula is C29H29N3S. The van der Waals surface area contributed by atoms with Gasteiger partial charge in [-0.05, 0) is 47.9 Å². The average Bonchev–Trinajstić information content (AvgIpc) is 2.93. The number of aliphatic imine (C=N–C) groups is 1. The molecule has 3 heterocycles. The third-order valence-corrected chi connectivity index (χ3v) is 7.46. The lowest BCUT2D eigenvalue weighted by Crippen LogP contribution is -2.32. The molecule has 0 atom stereocenters. The maximum absolute atomic E-state index is 5.05. The van der Waals surface area contributed by atoms with Crippen LogP contribution in [0.5, 0.6) is 0 Å². The van der Waals surface area contributed by atoms with Crippen molar-refractivity contribution in [2.24, 2.45) is 4.99 Å². The van der Waals surface area contributed by atoms with Crippen LogP contribution in [0.15, 0.2) is 118 Å². The Labute approximate surface area is 201 Å². The summed E-state index contributed by atoms with van der Waals surface area (Å²) >= 11 is 1.83. The van der Waals surface area contributed by atoms with E-state index in [1.807, 2.05) is 30.0 Å². The molecule has 3 nitrogen and oxygen atoms in total. The van der Waals surface area contributed by atoms with E-state index < -0.39 is 0 Å². The number of thioether (sulfide) groups is 1. The Morgan fingerprint density at radius 3 is 2.58 bits per heavy atom. The average molecular weight is 452 g/mol. The zero-order chi connectivity index (χ0) is 22.6. The van der Waals surface area contributed by atoms with Crippen molar-refractivity contribution >= 4 is 23.3 Å². The highest BCUT2D eigenvalue weighted by Crippen LogP contribution is 2.35. The Hall–Kier alpha value is -3.08.